The Morgan fingerprint density at radius 1 is 0.806 bits per heavy atom. The number of anilines is 1. The highest BCUT2D eigenvalue weighted by atomic mass is 35.5. The molecule has 0 bridgehead atoms. The number of hydrogen-bond donors (Lipinski definition) is 0. The highest BCUT2D eigenvalue weighted by Gasteiger charge is 2.38. The molecule has 0 atom stereocenters. The molecule has 3 aromatic carbocycles. The van der Waals surface area contributed by atoms with E-state index in [4.69, 9.17) is 11.6 Å². The zero-order valence-corrected chi connectivity index (χ0v) is 17.5. The number of nitro groups is 1. The molecular formula is C18H11ClF2N2O6S2. The van der Waals surface area contributed by atoms with Gasteiger partial charge >= 0.3 is 0 Å². The first kappa shape index (κ1) is 22.6. The molecule has 0 heterocycles. The van der Waals surface area contributed by atoms with Gasteiger partial charge in [0, 0.05) is 12.1 Å². The van der Waals surface area contributed by atoms with Crippen molar-refractivity contribution in [2.45, 2.75) is 9.79 Å². The topological polar surface area (TPSA) is 115 Å². The molecule has 0 aliphatic carbocycles. The van der Waals surface area contributed by atoms with Crippen molar-refractivity contribution >= 4 is 43.0 Å². The third-order valence-electron chi connectivity index (χ3n) is 3.95. The second-order valence-electron chi connectivity index (χ2n) is 6.02. The van der Waals surface area contributed by atoms with Crippen LogP contribution in [0.1, 0.15) is 0 Å². The summed E-state index contributed by atoms with van der Waals surface area (Å²) in [6.45, 7) is 0. The van der Waals surface area contributed by atoms with Crippen LogP contribution in [0, 0.1) is 21.7 Å². The van der Waals surface area contributed by atoms with Crippen LogP contribution >= 0.6 is 11.6 Å². The van der Waals surface area contributed by atoms with Crippen LogP contribution in [0.5, 0.6) is 0 Å². The molecule has 8 nitrogen and oxygen atoms in total. The molecule has 0 aliphatic rings. The molecule has 0 unspecified atom stereocenters. The molecule has 31 heavy (non-hydrogen) atoms. The van der Waals surface area contributed by atoms with Gasteiger partial charge in [-0.05, 0) is 36.4 Å². The molecule has 0 aliphatic heterocycles. The summed E-state index contributed by atoms with van der Waals surface area (Å²) in [5, 5.41) is 10.8. The van der Waals surface area contributed by atoms with Gasteiger partial charge in [-0.2, -0.15) is 3.71 Å². The van der Waals surface area contributed by atoms with Crippen LogP contribution in [-0.2, 0) is 20.0 Å². The Morgan fingerprint density at radius 2 is 1.35 bits per heavy atom. The van der Waals surface area contributed by atoms with Gasteiger partial charge in [-0.15, -0.1) is 0 Å². The Morgan fingerprint density at radius 3 is 1.90 bits per heavy atom. The van der Waals surface area contributed by atoms with Crippen molar-refractivity contribution in [2.24, 2.45) is 0 Å². The summed E-state index contributed by atoms with van der Waals surface area (Å²) in [5.41, 5.74) is -1.16. The average Bonchev–Trinajstić information content (AvgIpc) is 2.67. The van der Waals surface area contributed by atoms with Crippen LogP contribution in [0.15, 0.2) is 76.5 Å². The van der Waals surface area contributed by atoms with Gasteiger partial charge in [0.05, 0.1) is 20.4 Å². The van der Waals surface area contributed by atoms with Crippen molar-refractivity contribution in [3.05, 3.63) is 93.5 Å². The fraction of sp³-hybridized carbons (Fsp3) is 0. The van der Waals surface area contributed by atoms with Gasteiger partial charge in [-0.3, -0.25) is 10.1 Å². The van der Waals surface area contributed by atoms with Gasteiger partial charge in [-0.1, -0.05) is 29.8 Å². The largest absolute Gasteiger partial charge is 0.289 e. The minimum Gasteiger partial charge on any atom is -0.258 e. The van der Waals surface area contributed by atoms with E-state index in [1.54, 1.807) is 0 Å². The molecule has 0 aromatic heterocycles. The lowest BCUT2D eigenvalue weighted by molar-refractivity contribution is -0.384. The number of benzene rings is 3. The first-order valence-electron chi connectivity index (χ1n) is 8.20. The van der Waals surface area contributed by atoms with Crippen molar-refractivity contribution in [1.82, 2.24) is 0 Å². The maximum atomic E-state index is 13.7. The molecule has 0 radical (unpaired) electrons. The molecule has 162 valence electrons. The van der Waals surface area contributed by atoms with Gasteiger partial charge < -0.3 is 0 Å². The van der Waals surface area contributed by atoms with Gasteiger partial charge in [0.1, 0.15) is 16.7 Å². The zero-order chi connectivity index (χ0) is 23.0. The second-order valence-corrected chi connectivity index (χ2v) is 10.2. The monoisotopic (exact) mass is 488 g/mol. The van der Waals surface area contributed by atoms with Crippen molar-refractivity contribution < 1.29 is 30.5 Å². The summed E-state index contributed by atoms with van der Waals surface area (Å²) >= 11 is 5.71. The molecule has 0 saturated heterocycles. The Hall–Kier alpha value is -3.09. The van der Waals surface area contributed by atoms with Gasteiger partial charge in [0.15, 0.2) is 0 Å². The average molecular weight is 489 g/mol. The Balaban J connectivity index is 2.31. The van der Waals surface area contributed by atoms with Gasteiger partial charge in [0.25, 0.3) is 25.7 Å². The Bertz CT molecular complexity index is 1360. The molecular weight excluding hydrogens is 478 g/mol. The standard InChI is InChI=1S/C18H11ClF2N2O6S2/c19-17-7-6-15(11-18(17)22(24)25)30(26,27)23(14-4-2-1-3-5-14)31(28,29)16-9-12(20)8-13(21)10-16/h1-11H. The molecule has 0 N–H and O–H groups in total. The van der Waals surface area contributed by atoms with Crippen LogP contribution in [-0.4, -0.2) is 21.8 Å². The predicted molar refractivity (Wildman–Crippen MR) is 108 cm³/mol. The van der Waals surface area contributed by atoms with Crippen molar-refractivity contribution in [2.75, 3.05) is 3.71 Å². The van der Waals surface area contributed by atoms with Crippen molar-refractivity contribution in [1.29, 1.82) is 0 Å². The Labute approximate surface area is 180 Å². The lowest BCUT2D eigenvalue weighted by atomic mass is 10.3. The number of nitro benzene ring substituents is 1. The maximum absolute atomic E-state index is 13.7. The smallest absolute Gasteiger partial charge is 0.258 e. The van der Waals surface area contributed by atoms with E-state index in [9.17, 15) is 35.7 Å². The summed E-state index contributed by atoms with van der Waals surface area (Å²) in [7, 11) is -10.1. The first-order valence-corrected chi connectivity index (χ1v) is 11.5. The number of para-hydroxylation sites is 1. The number of nitrogens with zero attached hydrogens (tertiary/aromatic N) is 2. The Kier molecular flexibility index (Phi) is 5.98. The van der Waals surface area contributed by atoms with E-state index in [0.717, 1.165) is 24.3 Å². The van der Waals surface area contributed by atoms with Crippen LogP contribution in [0.4, 0.5) is 20.2 Å². The predicted octanol–water partition coefficient (Wildman–Crippen LogP) is 4.11. The summed E-state index contributed by atoms with van der Waals surface area (Å²) in [6.07, 6.45) is 0. The van der Waals surface area contributed by atoms with Crippen molar-refractivity contribution in [3.63, 3.8) is 0 Å². The highest BCUT2D eigenvalue weighted by molar-refractivity contribution is 8.10. The molecule has 3 aromatic rings. The summed E-state index contributed by atoms with van der Waals surface area (Å²) in [6, 6.07) is 10.1. The zero-order valence-electron chi connectivity index (χ0n) is 15.1. The minimum absolute atomic E-state index is 0.0544. The van der Waals surface area contributed by atoms with E-state index in [1.165, 1.54) is 18.2 Å². The molecule has 0 saturated carbocycles. The van der Waals surface area contributed by atoms with Gasteiger partial charge in [0.2, 0.25) is 0 Å². The van der Waals surface area contributed by atoms with E-state index in [0.29, 0.717) is 24.3 Å². The van der Waals surface area contributed by atoms with Crippen LogP contribution in [0.3, 0.4) is 0 Å². The summed E-state index contributed by atoms with van der Waals surface area (Å²) < 4.78 is 80.3. The fourth-order valence-electron chi connectivity index (χ4n) is 2.62. The maximum Gasteiger partial charge on any atom is 0.289 e. The third kappa shape index (κ3) is 4.36. The molecule has 13 heteroatoms. The quantitative estimate of drug-likeness (QED) is 0.381. The normalized spacial score (nSPS) is 11.8. The second kappa shape index (κ2) is 8.21. The van der Waals surface area contributed by atoms with E-state index < -0.39 is 52.1 Å². The lowest BCUT2D eigenvalue weighted by Gasteiger charge is -2.24. The van der Waals surface area contributed by atoms with Gasteiger partial charge in [-0.25, -0.2) is 25.6 Å². The molecule has 0 fully saturated rings. The van der Waals surface area contributed by atoms with Crippen LogP contribution in [0.25, 0.3) is 0 Å². The lowest BCUT2D eigenvalue weighted by Crippen LogP contribution is -2.37. The molecule has 3 rings (SSSR count). The number of halogens is 3. The molecule has 0 spiro atoms. The van der Waals surface area contributed by atoms with E-state index in [1.807, 2.05) is 0 Å². The summed E-state index contributed by atoms with van der Waals surface area (Å²) in [5.74, 6) is -2.49. The van der Waals surface area contributed by atoms with Crippen LogP contribution in [0.2, 0.25) is 5.02 Å². The number of rotatable bonds is 6. The van der Waals surface area contributed by atoms with E-state index in [-0.39, 0.29) is 14.4 Å². The van der Waals surface area contributed by atoms with Crippen LogP contribution < -0.4 is 3.71 Å². The third-order valence-corrected chi connectivity index (χ3v) is 8.42. The van der Waals surface area contributed by atoms with E-state index >= 15 is 0 Å². The number of hydrogen-bond acceptors (Lipinski definition) is 6. The SMILES string of the molecule is O=[N+]([O-])c1cc(S(=O)(=O)N(c2ccccc2)S(=O)(=O)c2cc(F)cc(F)c2)ccc1Cl. The number of sulfonamides is 2. The molecule has 0 amide bonds. The minimum atomic E-state index is -5.09. The first-order chi connectivity index (χ1) is 14.4. The fourth-order valence-corrected chi connectivity index (χ4v) is 6.56. The highest BCUT2D eigenvalue weighted by Crippen LogP contribution is 2.34. The van der Waals surface area contributed by atoms with E-state index in [2.05, 4.69) is 0 Å². The summed E-state index contributed by atoms with van der Waals surface area (Å²) in [4.78, 5) is 8.46. The van der Waals surface area contributed by atoms with Crippen molar-refractivity contribution in [3.8, 4) is 0 Å².